The van der Waals surface area contributed by atoms with Crippen LogP contribution in [0, 0.1) is 26.0 Å². The number of rotatable bonds is 2. The molecule has 169 valence electrons. The minimum Gasteiger partial charge on any atom is -0.305 e. The van der Waals surface area contributed by atoms with Gasteiger partial charge in [-0.05, 0) is 53.0 Å². The molecular weight excluding hydrogens is 613 g/mol. The molecule has 34 heavy (non-hydrogen) atoms. The van der Waals surface area contributed by atoms with E-state index in [9.17, 15) is 0 Å². The molecule has 6 rings (SSSR count). The maximum atomic E-state index is 4.74. The van der Waals surface area contributed by atoms with Crippen LogP contribution in [0.3, 0.4) is 0 Å². The van der Waals surface area contributed by atoms with Gasteiger partial charge in [0.05, 0.1) is 0 Å². The molecule has 0 aliphatic carbocycles. The summed E-state index contributed by atoms with van der Waals surface area (Å²) in [5.74, 6) is 0. The van der Waals surface area contributed by atoms with Gasteiger partial charge in [0.2, 0.25) is 0 Å². The van der Waals surface area contributed by atoms with Gasteiger partial charge in [-0.1, -0.05) is 47.9 Å². The molecule has 0 fully saturated rings. The van der Waals surface area contributed by atoms with Gasteiger partial charge in [0.25, 0.3) is 0 Å². The van der Waals surface area contributed by atoms with Crippen LogP contribution in [-0.2, 0) is 20.1 Å². The van der Waals surface area contributed by atoms with Crippen molar-refractivity contribution in [1.29, 1.82) is 0 Å². The van der Waals surface area contributed by atoms with Gasteiger partial charge in [-0.2, -0.15) is 11.3 Å². The van der Waals surface area contributed by atoms with Gasteiger partial charge in [-0.15, -0.1) is 59.7 Å². The van der Waals surface area contributed by atoms with Crippen molar-refractivity contribution >= 4 is 31.5 Å². The molecule has 0 N–H and O–H groups in total. The Kier molecular flexibility index (Phi) is 7.64. The van der Waals surface area contributed by atoms with Crippen LogP contribution in [0.2, 0.25) is 0 Å². The number of benzene rings is 3. The number of hydrogen-bond donors (Lipinski definition) is 0. The molecule has 0 atom stereocenters. The number of nitrogens with zero attached hydrogens (tertiary/aromatic N) is 2. The average molecular weight is 635 g/mol. The van der Waals surface area contributed by atoms with Crippen molar-refractivity contribution < 1.29 is 20.1 Å². The van der Waals surface area contributed by atoms with Crippen LogP contribution in [0.15, 0.2) is 97.2 Å². The molecule has 0 aliphatic heterocycles. The Morgan fingerprint density at radius 1 is 0.706 bits per heavy atom. The second-order valence-corrected chi connectivity index (χ2v) is 8.84. The second kappa shape index (κ2) is 10.8. The Hall–Kier alpha value is -3.17. The van der Waals surface area contributed by atoms with Gasteiger partial charge < -0.3 is 9.97 Å². The van der Waals surface area contributed by atoms with E-state index in [-0.39, 0.29) is 20.1 Å². The van der Waals surface area contributed by atoms with E-state index in [4.69, 9.17) is 4.98 Å². The molecule has 0 saturated heterocycles. The minimum atomic E-state index is 0. The summed E-state index contributed by atoms with van der Waals surface area (Å²) in [5.41, 5.74) is 6.43. The standard InChI is InChI=1S/C19H14NS.C11H8N.Ir/c1-12-10-11-17(20-13(12)2)16-8-5-7-15-14-6-3-4-9-18(14)21-19(15)16;1-2-6-10(7-3-1)11-8-4-5-9-12-11;/h3-7,9-11H,1-2H3;1-6,8-9H;/q2*-1;. The molecular formula is C30H22IrN2S-2. The van der Waals surface area contributed by atoms with E-state index >= 15 is 0 Å². The molecule has 3 aromatic heterocycles. The maximum Gasteiger partial charge on any atom is 0.0295 e. The van der Waals surface area contributed by atoms with E-state index in [1.54, 1.807) is 6.20 Å². The molecule has 0 amide bonds. The molecule has 3 aromatic carbocycles. The normalized spacial score (nSPS) is 10.4. The van der Waals surface area contributed by atoms with E-state index in [0.29, 0.717) is 0 Å². The minimum absolute atomic E-state index is 0. The number of thiophene rings is 1. The molecule has 0 saturated carbocycles. The van der Waals surface area contributed by atoms with Crippen molar-refractivity contribution in [3.05, 3.63) is 121 Å². The molecule has 2 nitrogen and oxygen atoms in total. The van der Waals surface area contributed by atoms with Crippen molar-refractivity contribution in [2.24, 2.45) is 0 Å². The van der Waals surface area contributed by atoms with E-state index < -0.39 is 0 Å². The smallest absolute Gasteiger partial charge is 0.0295 e. The van der Waals surface area contributed by atoms with Crippen LogP contribution < -0.4 is 0 Å². The fourth-order valence-electron chi connectivity index (χ4n) is 3.73. The summed E-state index contributed by atoms with van der Waals surface area (Å²) in [7, 11) is 0. The Balaban J connectivity index is 0.000000180. The first kappa shape index (κ1) is 24.0. The Labute approximate surface area is 217 Å². The van der Waals surface area contributed by atoms with E-state index in [1.165, 1.54) is 25.7 Å². The predicted molar refractivity (Wildman–Crippen MR) is 139 cm³/mol. The fourth-order valence-corrected chi connectivity index (χ4v) is 4.93. The third-order valence-electron chi connectivity index (χ3n) is 5.59. The molecule has 0 aliphatic rings. The summed E-state index contributed by atoms with van der Waals surface area (Å²) in [6, 6.07) is 37.1. The van der Waals surface area contributed by atoms with Crippen LogP contribution in [-0.4, -0.2) is 9.97 Å². The van der Waals surface area contributed by atoms with Crippen molar-refractivity contribution in [3.63, 3.8) is 0 Å². The van der Waals surface area contributed by atoms with Crippen molar-refractivity contribution in [2.45, 2.75) is 13.8 Å². The first-order valence-electron chi connectivity index (χ1n) is 10.9. The predicted octanol–water partition coefficient (Wildman–Crippen LogP) is 8.08. The topological polar surface area (TPSA) is 25.8 Å². The first-order chi connectivity index (χ1) is 16.2. The van der Waals surface area contributed by atoms with Crippen molar-refractivity contribution in [2.75, 3.05) is 0 Å². The van der Waals surface area contributed by atoms with Gasteiger partial charge in [-0.3, -0.25) is 0 Å². The maximum absolute atomic E-state index is 4.74. The van der Waals surface area contributed by atoms with Gasteiger partial charge in [0.15, 0.2) is 0 Å². The van der Waals surface area contributed by atoms with Gasteiger partial charge >= 0.3 is 0 Å². The van der Waals surface area contributed by atoms with Gasteiger partial charge in [0, 0.05) is 36.7 Å². The zero-order valence-corrected chi connectivity index (χ0v) is 22.1. The number of aromatic nitrogens is 2. The van der Waals surface area contributed by atoms with Crippen molar-refractivity contribution in [3.8, 4) is 22.5 Å². The summed E-state index contributed by atoms with van der Waals surface area (Å²) in [4.78, 5) is 8.96. The number of hydrogen-bond acceptors (Lipinski definition) is 3. The summed E-state index contributed by atoms with van der Waals surface area (Å²) in [6.07, 6.45) is 1.79. The number of pyridine rings is 2. The number of fused-ring (bicyclic) bond motifs is 3. The Morgan fingerprint density at radius 2 is 1.53 bits per heavy atom. The Bertz CT molecular complexity index is 1490. The summed E-state index contributed by atoms with van der Waals surface area (Å²) in [6.45, 7) is 4.15. The fraction of sp³-hybridized carbons (Fsp3) is 0.0667. The quantitative estimate of drug-likeness (QED) is 0.180. The van der Waals surface area contributed by atoms with E-state index in [1.807, 2.05) is 59.9 Å². The molecule has 3 heterocycles. The molecule has 0 unspecified atom stereocenters. The van der Waals surface area contributed by atoms with Crippen LogP contribution >= 0.6 is 11.3 Å². The largest absolute Gasteiger partial charge is 0.305 e. The first-order valence-corrected chi connectivity index (χ1v) is 11.7. The van der Waals surface area contributed by atoms with E-state index in [0.717, 1.165) is 28.2 Å². The molecule has 4 heteroatoms. The molecule has 1 radical (unpaired) electrons. The summed E-state index contributed by atoms with van der Waals surface area (Å²) in [5, 5.41) is 2.61. The molecule has 0 spiro atoms. The van der Waals surface area contributed by atoms with Gasteiger partial charge in [0.1, 0.15) is 0 Å². The Morgan fingerprint density at radius 3 is 2.29 bits per heavy atom. The molecule has 6 aromatic rings. The van der Waals surface area contributed by atoms with Crippen LogP contribution in [0.25, 0.3) is 42.7 Å². The number of aryl methyl sites for hydroxylation is 2. The van der Waals surface area contributed by atoms with Gasteiger partial charge in [-0.25, -0.2) is 0 Å². The van der Waals surface area contributed by atoms with Crippen molar-refractivity contribution in [1.82, 2.24) is 9.97 Å². The second-order valence-electron chi connectivity index (χ2n) is 7.78. The van der Waals surface area contributed by atoms with Crippen LogP contribution in [0.5, 0.6) is 0 Å². The summed E-state index contributed by atoms with van der Waals surface area (Å²) < 4.78 is 2.59. The molecule has 0 bridgehead atoms. The zero-order valence-electron chi connectivity index (χ0n) is 18.9. The monoisotopic (exact) mass is 635 g/mol. The third kappa shape index (κ3) is 5.00. The van der Waals surface area contributed by atoms with Crippen LogP contribution in [0.4, 0.5) is 0 Å². The zero-order chi connectivity index (χ0) is 22.6. The van der Waals surface area contributed by atoms with E-state index in [2.05, 4.69) is 73.4 Å². The third-order valence-corrected chi connectivity index (χ3v) is 6.80. The summed E-state index contributed by atoms with van der Waals surface area (Å²) >= 11 is 1.82. The SMILES string of the molecule is Cc1ccc(-c2[c-]ccc3c2sc2ccccc23)nc1C.[Ir].[c-]1ccccc1-c1ccccn1. The van der Waals surface area contributed by atoms with Crippen LogP contribution in [0.1, 0.15) is 11.3 Å². The average Bonchev–Trinajstić information content (AvgIpc) is 3.26.